The van der Waals surface area contributed by atoms with Crippen molar-refractivity contribution in [2.45, 2.75) is 38.5 Å². The van der Waals surface area contributed by atoms with Crippen LogP contribution in [0.1, 0.15) is 19.8 Å². The van der Waals surface area contributed by atoms with E-state index in [1.807, 2.05) is 36.7 Å². The van der Waals surface area contributed by atoms with Crippen LogP contribution < -0.4 is 5.73 Å². The predicted molar refractivity (Wildman–Crippen MR) is 75.6 cm³/mol. The molecule has 1 aromatic carbocycles. The van der Waals surface area contributed by atoms with Crippen LogP contribution in [-0.4, -0.2) is 21.8 Å². The van der Waals surface area contributed by atoms with Crippen molar-refractivity contribution >= 4 is 5.69 Å². The number of hydrogen-bond donors (Lipinski definition) is 1. The smallest absolute Gasteiger partial charge is 0.139 e. The van der Waals surface area contributed by atoms with Crippen LogP contribution in [0.4, 0.5) is 5.69 Å². The van der Waals surface area contributed by atoms with Crippen LogP contribution in [0.3, 0.4) is 0 Å². The van der Waals surface area contributed by atoms with Gasteiger partial charge in [-0.05, 0) is 44.0 Å². The number of ether oxygens (including phenoxy) is 1. The highest BCUT2D eigenvalue weighted by Gasteiger charge is 2.22. The van der Waals surface area contributed by atoms with Gasteiger partial charge in [-0.25, -0.2) is 4.98 Å². The number of aromatic nitrogens is 2. The van der Waals surface area contributed by atoms with Crippen LogP contribution in [0.25, 0.3) is 11.4 Å². The molecule has 0 spiro atoms. The fourth-order valence-corrected chi connectivity index (χ4v) is 2.59. The van der Waals surface area contributed by atoms with Gasteiger partial charge in [-0.15, -0.1) is 0 Å². The van der Waals surface area contributed by atoms with Crippen molar-refractivity contribution < 1.29 is 4.74 Å². The van der Waals surface area contributed by atoms with Gasteiger partial charge in [0.1, 0.15) is 5.82 Å². The summed E-state index contributed by atoms with van der Waals surface area (Å²) in [6.45, 7) is 3.00. The molecule has 0 saturated carbocycles. The molecule has 0 radical (unpaired) electrons. The lowest BCUT2D eigenvalue weighted by molar-refractivity contribution is 0.0460. The first-order valence-corrected chi connectivity index (χ1v) is 6.75. The Hall–Kier alpha value is -1.81. The maximum Gasteiger partial charge on any atom is 0.139 e. The van der Waals surface area contributed by atoms with Crippen LogP contribution in [-0.2, 0) is 11.3 Å². The van der Waals surface area contributed by atoms with Gasteiger partial charge in [-0.3, -0.25) is 0 Å². The molecule has 0 aliphatic carbocycles. The van der Waals surface area contributed by atoms with Gasteiger partial charge in [0.15, 0.2) is 0 Å². The minimum absolute atomic E-state index is 0.303. The second kappa shape index (κ2) is 5.05. The highest BCUT2D eigenvalue weighted by atomic mass is 16.5. The van der Waals surface area contributed by atoms with Crippen molar-refractivity contribution in [2.75, 3.05) is 5.73 Å². The molecule has 4 nitrogen and oxygen atoms in total. The molecule has 1 saturated heterocycles. The third kappa shape index (κ3) is 2.63. The summed E-state index contributed by atoms with van der Waals surface area (Å²) in [5.74, 6) is 0.975. The maximum atomic E-state index is 5.88. The third-order valence-electron chi connectivity index (χ3n) is 3.60. The zero-order chi connectivity index (χ0) is 13.2. The summed E-state index contributed by atoms with van der Waals surface area (Å²) in [7, 11) is 0. The lowest BCUT2D eigenvalue weighted by Crippen LogP contribution is -2.16. The number of nitrogens with zero attached hydrogens (tertiary/aromatic N) is 2. The highest BCUT2D eigenvalue weighted by molar-refractivity contribution is 5.59. The largest absolute Gasteiger partial charge is 0.399 e. The average molecular weight is 257 g/mol. The fraction of sp³-hybridized carbons (Fsp3) is 0.400. The average Bonchev–Trinajstić information content (AvgIpc) is 3.00. The minimum Gasteiger partial charge on any atom is -0.399 e. The number of imidazole rings is 1. The van der Waals surface area contributed by atoms with Gasteiger partial charge in [-0.2, -0.15) is 0 Å². The quantitative estimate of drug-likeness (QED) is 0.860. The molecular formula is C15H19N3O. The van der Waals surface area contributed by atoms with Crippen LogP contribution >= 0.6 is 0 Å². The molecule has 4 heteroatoms. The Labute approximate surface area is 113 Å². The molecule has 2 N–H and O–H groups in total. The number of nitrogen functional groups attached to an aromatic ring is 1. The molecule has 0 amide bonds. The topological polar surface area (TPSA) is 53.1 Å². The summed E-state index contributed by atoms with van der Waals surface area (Å²) < 4.78 is 8.04. The van der Waals surface area contributed by atoms with Gasteiger partial charge in [0.05, 0.1) is 18.8 Å². The summed E-state index contributed by atoms with van der Waals surface area (Å²) in [5.41, 5.74) is 7.58. The van der Waals surface area contributed by atoms with Crippen LogP contribution in [0, 0.1) is 0 Å². The first kappa shape index (κ1) is 12.2. The van der Waals surface area contributed by atoms with E-state index in [0.717, 1.165) is 36.5 Å². The minimum atomic E-state index is 0.303. The van der Waals surface area contributed by atoms with Crippen molar-refractivity contribution in [1.29, 1.82) is 0 Å². The number of anilines is 1. The summed E-state index contributed by atoms with van der Waals surface area (Å²) in [4.78, 5) is 4.44. The van der Waals surface area contributed by atoms with E-state index in [4.69, 9.17) is 10.5 Å². The second-order valence-electron chi connectivity index (χ2n) is 5.17. The third-order valence-corrected chi connectivity index (χ3v) is 3.60. The molecule has 100 valence electrons. The SMILES string of the molecule is CC1CCC(Cn2ccnc2-c2ccc(N)cc2)O1. The molecule has 1 aliphatic rings. The predicted octanol–water partition coefficient (Wildman–Crippen LogP) is 2.70. The van der Waals surface area contributed by atoms with Gasteiger partial charge >= 0.3 is 0 Å². The number of rotatable bonds is 3. The van der Waals surface area contributed by atoms with E-state index in [1.165, 1.54) is 0 Å². The molecular weight excluding hydrogens is 238 g/mol. The van der Waals surface area contributed by atoms with E-state index < -0.39 is 0 Å². The van der Waals surface area contributed by atoms with E-state index in [-0.39, 0.29) is 0 Å². The molecule has 1 aliphatic heterocycles. The van der Waals surface area contributed by atoms with Gasteiger partial charge in [0.2, 0.25) is 0 Å². The first-order chi connectivity index (χ1) is 9.22. The van der Waals surface area contributed by atoms with Crippen molar-refractivity contribution in [1.82, 2.24) is 9.55 Å². The lowest BCUT2D eigenvalue weighted by atomic mass is 10.2. The maximum absolute atomic E-state index is 5.88. The molecule has 1 fully saturated rings. The molecule has 1 aromatic heterocycles. The van der Waals surface area contributed by atoms with E-state index in [1.54, 1.807) is 0 Å². The molecule has 3 rings (SSSR count). The van der Waals surface area contributed by atoms with Crippen LogP contribution in [0.5, 0.6) is 0 Å². The molecule has 2 atom stereocenters. The Morgan fingerprint density at radius 2 is 2.11 bits per heavy atom. The van der Waals surface area contributed by atoms with Gasteiger partial charge in [0, 0.05) is 23.6 Å². The Morgan fingerprint density at radius 3 is 2.79 bits per heavy atom. The van der Waals surface area contributed by atoms with Crippen molar-refractivity contribution in [2.24, 2.45) is 0 Å². The zero-order valence-electron chi connectivity index (χ0n) is 11.1. The Balaban J connectivity index is 1.80. The Kier molecular flexibility index (Phi) is 3.25. The normalized spacial score (nSPS) is 22.8. The number of hydrogen-bond acceptors (Lipinski definition) is 3. The fourth-order valence-electron chi connectivity index (χ4n) is 2.59. The summed E-state index contributed by atoms with van der Waals surface area (Å²) in [5, 5.41) is 0. The highest BCUT2D eigenvalue weighted by Crippen LogP contribution is 2.24. The van der Waals surface area contributed by atoms with Crippen LogP contribution in [0.2, 0.25) is 0 Å². The van der Waals surface area contributed by atoms with Gasteiger partial charge in [0.25, 0.3) is 0 Å². The Bertz CT molecular complexity index is 547. The summed E-state index contributed by atoms with van der Waals surface area (Å²) >= 11 is 0. The van der Waals surface area contributed by atoms with Gasteiger partial charge in [-0.1, -0.05) is 0 Å². The zero-order valence-corrected chi connectivity index (χ0v) is 11.1. The molecule has 2 aromatic rings. The number of nitrogens with two attached hydrogens (primary N) is 1. The molecule has 2 unspecified atom stereocenters. The van der Waals surface area contributed by atoms with Crippen molar-refractivity contribution in [3.8, 4) is 11.4 Å². The molecule has 2 heterocycles. The van der Waals surface area contributed by atoms with Crippen molar-refractivity contribution in [3.63, 3.8) is 0 Å². The first-order valence-electron chi connectivity index (χ1n) is 6.75. The summed E-state index contributed by atoms with van der Waals surface area (Å²) in [6.07, 6.45) is 6.81. The van der Waals surface area contributed by atoms with Crippen molar-refractivity contribution in [3.05, 3.63) is 36.7 Å². The van der Waals surface area contributed by atoms with E-state index >= 15 is 0 Å². The van der Waals surface area contributed by atoms with E-state index in [2.05, 4.69) is 16.5 Å². The lowest BCUT2D eigenvalue weighted by Gasteiger charge is -2.14. The summed E-state index contributed by atoms with van der Waals surface area (Å²) in [6, 6.07) is 7.82. The second-order valence-corrected chi connectivity index (χ2v) is 5.17. The monoisotopic (exact) mass is 257 g/mol. The van der Waals surface area contributed by atoms with Gasteiger partial charge < -0.3 is 15.0 Å². The van der Waals surface area contributed by atoms with E-state index in [0.29, 0.717) is 12.2 Å². The number of benzene rings is 1. The molecule has 0 bridgehead atoms. The Morgan fingerprint density at radius 1 is 1.32 bits per heavy atom. The standard InChI is InChI=1S/C15H19N3O/c1-11-2-7-14(19-11)10-18-9-8-17-15(18)12-3-5-13(16)6-4-12/h3-6,8-9,11,14H,2,7,10,16H2,1H3. The van der Waals surface area contributed by atoms with Crippen LogP contribution in [0.15, 0.2) is 36.7 Å². The molecule has 19 heavy (non-hydrogen) atoms. The van der Waals surface area contributed by atoms with E-state index in [9.17, 15) is 0 Å².